The van der Waals surface area contributed by atoms with E-state index < -0.39 is 0 Å². The smallest absolute Gasteiger partial charge is 0.0496 e. The average molecular weight is 402 g/mol. The third kappa shape index (κ3) is 4.18. The maximum atomic E-state index is 2.40. The first kappa shape index (κ1) is 19.4. The van der Waals surface area contributed by atoms with E-state index in [9.17, 15) is 0 Å². The molecule has 0 N–H and O–H groups in total. The summed E-state index contributed by atoms with van der Waals surface area (Å²) in [6.45, 7) is 2.12. The summed E-state index contributed by atoms with van der Waals surface area (Å²) < 4.78 is 0. The van der Waals surface area contributed by atoms with Crippen LogP contribution in [0.3, 0.4) is 0 Å². The van der Waals surface area contributed by atoms with Crippen LogP contribution in [0.4, 0.5) is 17.1 Å². The van der Waals surface area contributed by atoms with Gasteiger partial charge in [0.25, 0.3) is 0 Å². The number of para-hydroxylation sites is 1. The number of rotatable bonds is 5. The lowest BCUT2D eigenvalue weighted by Crippen LogP contribution is -2.12. The highest BCUT2D eigenvalue weighted by Crippen LogP contribution is 2.40. The number of anilines is 3. The molecule has 1 heteroatoms. The number of hydrogen-bond donors (Lipinski definition) is 0. The van der Waals surface area contributed by atoms with Gasteiger partial charge < -0.3 is 4.90 Å². The van der Waals surface area contributed by atoms with Crippen molar-refractivity contribution >= 4 is 29.2 Å². The summed E-state index contributed by atoms with van der Waals surface area (Å²) in [6.07, 6.45) is 7.95. The minimum absolute atomic E-state index is 1.16. The number of hydrogen-bond acceptors (Lipinski definition) is 1. The average Bonchev–Trinajstić information content (AvgIpc) is 3.30. The molecule has 0 aromatic heterocycles. The minimum Gasteiger partial charge on any atom is -0.310 e. The van der Waals surface area contributed by atoms with Crippen LogP contribution in [0.1, 0.15) is 34.2 Å². The van der Waals surface area contributed by atoms with Gasteiger partial charge in [0.15, 0.2) is 0 Å². The Labute approximate surface area is 185 Å². The Bertz CT molecular complexity index is 1190. The molecule has 0 saturated heterocycles. The van der Waals surface area contributed by atoms with Crippen LogP contribution in [0.25, 0.3) is 12.2 Å². The van der Waals surface area contributed by atoms with E-state index in [0.29, 0.717) is 0 Å². The second-order valence-corrected chi connectivity index (χ2v) is 8.27. The molecule has 4 aromatic rings. The fourth-order valence-corrected chi connectivity index (χ4v) is 4.42. The van der Waals surface area contributed by atoms with E-state index in [4.69, 9.17) is 0 Å². The molecule has 0 atom stereocenters. The molecule has 1 aliphatic rings. The molecule has 4 aromatic carbocycles. The van der Waals surface area contributed by atoms with Crippen molar-refractivity contribution in [2.75, 3.05) is 4.90 Å². The molecule has 1 aliphatic carbocycles. The monoisotopic (exact) mass is 401 g/mol. The highest BCUT2D eigenvalue weighted by atomic mass is 15.1. The maximum absolute atomic E-state index is 2.40. The van der Waals surface area contributed by atoms with Gasteiger partial charge in [-0.3, -0.25) is 0 Å². The van der Waals surface area contributed by atoms with Gasteiger partial charge in [-0.05, 0) is 78.8 Å². The van der Waals surface area contributed by atoms with E-state index in [0.717, 1.165) is 6.42 Å². The molecule has 0 aliphatic heterocycles. The second-order valence-electron chi connectivity index (χ2n) is 8.27. The van der Waals surface area contributed by atoms with E-state index in [1.807, 2.05) is 0 Å². The van der Waals surface area contributed by atoms with Crippen molar-refractivity contribution in [3.05, 3.63) is 125 Å². The Hall–Kier alpha value is -3.58. The highest BCUT2D eigenvalue weighted by molar-refractivity contribution is 5.80. The molecule has 0 bridgehead atoms. The molecular weight excluding hydrogens is 374 g/mol. The van der Waals surface area contributed by atoms with Crippen molar-refractivity contribution in [3.8, 4) is 0 Å². The maximum Gasteiger partial charge on any atom is 0.0496 e. The predicted molar refractivity (Wildman–Crippen MR) is 133 cm³/mol. The van der Waals surface area contributed by atoms with Gasteiger partial charge in [-0.25, -0.2) is 0 Å². The molecule has 0 amide bonds. The second kappa shape index (κ2) is 8.65. The van der Waals surface area contributed by atoms with Gasteiger partial charge >= 0.3 is 0 Å². The summed E-state index contributed by atoms with van der Waals surface area (Å²) in [7, 11) is 0. The lowest BCUT2D eigenvalue weighted by atomic mass is 10.0. The van der Waals surface area contributed by atoms with E-state index >= 15 is 0 Å². The summed E-state index contributed by atoms with van der Waals surface area (Å²) in [5.41, 5.74) is 10.4. The van der Waals surface area contributed by atoms with Gasteiger partial charge in [0.2, 0.25) is 0 Å². The Morgan fingerprint density at radius 2 is 1.26 bits per heavy atom. The molecule has 0 heterocycles. The van der Waals surface area contributed by atoms with E-state index in [1.54, 1.807) is 0 Å². The normalized spacial score (nSPS) is 12.8. The molecule has 1 nitrogen and oxygen atoms in total. The van der Waals surface area contributed by atoms with Crippen molar-refractivity contribution in [2.45, 2.75) is 26.2 Å². The summed E-state index contributed by atoms with van der Waals surface area (Å²) in [4.78, 5) is 2.40. The zero-order valence-corrected chi connectivity index (χ0v) is 18.0. The van der Waals surface area contributed by atoms with Gasteiger partial charge in [-0.1, -0.05) is 84.4 Å². The molecule has 5 rings (SSSR count). The first-order valence-corrected chi connectivity index (χ1v) is 11.1. The number of fused-ring (bicyclic) bond motifs is 1. The Morgan fingerprint density at radius 1 is 0.613 bits per heavy atom. The van der Waals surface area contributed by atoms with Crippen molar-refractivity contribution in [2.24, 2.45) is 0 Å². The Morgan fingerprint density at radius 3 is 1.97 bits per heavy atom. The molecule has 0 spiro atoms. The fourth-order valence-electron chi connectivity index (χ4n) is 4.42. The first-order valence-electron chi connectivity index (χ1n) is 11.1. The number of aryl methyl sites for hydroxylation is 2. The van der Waals surface area contributed by atoms with Crippen LogP contribution >= 0.6 is 0 Å². The summed E-state index contributed by atoms with van der Waals surface area (Å²) in [5, 5.41) is 0. The molecule has 0 unspecified atom stereocenters. The summed E-state index contributed by atoms with van der Waals surface area (Å²) in [6, 6.07) is 35.0. The lowest BCUT2D eigenvalue weighted by Gasteiger charge is -2.27. The van der Waals surface area contributed by atoms with Crippen molar-refractivity contribution < 1.29 is 0 Å². The van der Waals surface area contributed by atoms with Gasteiger partial charge in [0.05, 0.1) is 0 Å². The molecule has 0 radical (unpaired) electrons. The third-order valence-corrected chi connectivity index (χ3v) is 6.07. The molecule has 152 valence electrons. The number of benzene rings is 4. The van der Waals surface area contributed by atoms with Gasteiger partial charge in [0.1, 0.15) is 0 Å². The van der Waals surface area contributed by atoms with Gasteiger partial charge in [-0.15, -0.1) is 0 Å². The molecular formula is C30H27N. The third-order valence-electron chi connectivity index (χ3n) is 6.07. The van der Waals surface area contributed by atoms with Crippen LogP contribution in [0.5, 0.6) is 0 Å². The van der Waals surface area contributed by atoms with Crippen molar-refractivity contribution in [1.29, 1.82) is 0 Å². The largest absolute Gasteiger partial charge is 0.310 e. The van der Waals surface area contributed by atoms with Crippen LogP contribution in [0.15, 0.2) is 97.1 Å². The van der Waals surface area contributed by atoms with Crippen LogP contribution in [0.2, 0.25) is 0 Å². The minimum atomic E-state index is 1.16. The topological polar surface area (TPSA) is 3.24 Å². The SMILES string of the molecule is Cc1ccc(/C=C\c2ccc(N(c3ccccc3)c3cccc4c3CCC4)cc2)cc1. The zero-order valence-electron chi connectivity index (χ0n) is 18.0. The van der Waals surface area contributed by atoms with Gasteiger partial charge in [-0.2, -0.15) is 0 Å². The molecule has 31 heavy (non-hydrogen) atoms. The Balaban J connectivity index is 1.49. The van der Waals surface area contributed by atoms with Crippen LogP contribution < -0.4 is 4.90 Å². The highest BCUT2D eigenvalue weighted by Gasteiger charge is 2.20. The predicted octanol–water partition coefficient (Wildman–Crippen LogP) is 8.12. The Kier molecular flexibility index (Phi) is 5.41. The fraction of sp³-hybridized carbons (Fsp3) is 0.133. The van der Waals surface area contributed by atoms with E-state index in [2.05, 4.69) is 121 Å². The quantitative estimate of drug-likeness (QED) is 0.305. The molecule has 0 fully saturated rings. The standard InChI is InChI=1S/C30H27N/c1-23-13-15-24(16-14-23)17-18-25-19-21-28(22-20-25)31(27-9-3-2-4-10-27)30-12-6-8-26-7-5-11-29(26)30/h2-4,6,8-10,12-22H,5,7,11H2,1H3/b18-17-. The summed E-state index contributed by atoms with van der Waals surface area (Å²) in [5.74, 6) is 0. The lowest BCUT2D eigenvalue weighted by molar-refractivity contribution is 0.911. The first-order chi connectivity index (χ1) is 15.3. The number of nitrogens with zero attached hydrogens (tertiary/aromatic N) is 1. The molecule has 0 saturated carbocycles. The van der Waals surface area contributed by atoms with Crippen LogP contribution in [-0.4, -0.2) is 0 Å². The van der Waals surface area contributed by atoms with Crippen molar-refractivity contribution in [1.82, 2.24) is 0 Å². The van der Waals surface area contributed by atoms with Crippen molar-refractivity contribution in [3.63, 3.8) is 0 Å². The zero-order chi connectivity index (χ0) is 21.0. The van der Waals surface area contributed by atoms with Crippen LogP contribution in [-0.2, 0) is 12.8 Å². The van der Waals surface area contributed by atoms with E-state index in [1.165, 1.54) is 57.7 Å². The van der Waals surface area contributed by atoms with Crippen LogP contribution in [0, 0.1) is 6.92 Å². The summed E-state index contributed by atoms with van der Waals surface area (Å²) >= 11 is 0. The van der Waals surface area contributed by atoms with Gasteiger partial charge in [0, 0.05) is 17.1 Å². The van der Waals surface area contributed by atoms with E-state index in [-0.39, 0.29) is 0 Å².